The van der Waals surface area contributed by atoms with Crippen molar-refractivity contribution in [2.75, 3.05) is 26.4 Å². The first-order chi connectivity index (χ1) is 25.7. The number of likely N-dealkylation sites (tertiary alicyclic amines) is 1. The molecule has 4 rings (SSSR count). The first-order valence-electron chi connectivity index (χ1n) is 18.9. The van der Waals surface area contributed by atoms with E-state index in [9.17, 15) is 14.2 Å². The molecule has 0 bridgehead atoms. The maximum Gasteiger partial charge on any atom is 0.476 e. The number of carbonyl (C=O) groups is 2. The Labute approximate surface area is 329 Å². The van der Waals surface area contributed by atoms with E-state index < -0.39 is 49.4 Å². The summed E-state index contributed by atoms with van der Waals surface area (Å²) in [6.07, 6.45) is -1.41. The van der Waals surface area contributed by atoms with Gasteiger partial charge in [0, 0.05) is 32.2 Å². The van der Waals surface area contributed by atoms with Gasteiger partial charge in [0.15, 0.2) is 12.1 Å². The smallest absolute Gasteiger partial charge is 0.470 e. The van der Waals surface area contributed by atoms with Crippen LogP contribution < -0.4 is 10.1 Å². The van der Waals surface area contributed by atoms with Crippen molar-refractivity contribution in [3.05, 3.63) is 52.9 Å². The number of aromatic nitrogens is 2. The van der Waals surface area contributed by atoms with Crippen molar-refractivity contribution in [3.63, 3.8) is 0 Å². The van der Waals surface area contributed by atoms with Gasteiger partial charge in [-0.2, -0.15) is 0 Å². The first-order valence-corrected chi connectivity index (χ1v) is 21.2. The number of hydrogen-bond acceptors (Lipinski definition) is 13. The van der Waals surface area contributed by atoms with Crippen molar-refractivity contribution in [2.45, 2.75) is 131 Å². The molecule has 16 heteroatoms. The highest BCUT2D eigenvalue weighted by Gasteiger charge is 2.48. The minimum Gasteiger partial charge on any atom is -0.470 e. The van der Waals surface area contributed by atoms with Crippen LogP contribution in [0.5, 0.6) is 5.88 Å². The zero-order valence-electron chi connectivity index (χ0n) is 34.2. The van der Waals surface area contributed by atoms with E-state index in [0.717, 1.165) is 21.7 Å². The van der Waals surface area contributed by atoms with E-state index in [-0.39, 0.29) is 48.9 Å². The third-order valence-electron chi connectivity index (χ3n) is 8.49. The second kappa shape index (κ2) is 18.8. The second-order valence-electron chi connectivity index (χ2n) is 15.9. The predicted molar refractivity (Wildman–Crippen MR) is 210 cm³/mol. The van der Waals surface area contributed by atoms with Gasteiger partial charge in [-0.25, -0.2) is 9.55 Å². The van der Waals surface area contributed by atoms with Crippen LogP contribution in [0, 0.1) is 12.8 Å². The molecule has 1 N–H and O–H groups in total. The molecule has 1 unspecified atom stereocenters. The molecule has 1 saturated heterocycles. The Morgan fingerprint density at radius 1 is 1.02 bits per heavy atom. The summed E-state index contributed by atoms with van der Waals surface area (Å²) in [4.78, 5) is 35.8. The lowest BCUT2D eigenvalue weighted by Gasteiger charge is -2.32. The van der Waals surface area contributed by atoms with Crippen LogP contribution in [0.25, 0.3) is 10.4 Å². The Balaban J connectivity index is 1.61. The number of ether oxygens (including phenoxy) is 3. The van der Waals surface area contributed by atoms with E-state index in [4.69, 9.17) is 32.3 Å². The molecule has 55 heavy (non-hydrogen) atoms. The van der Waals surface area contributed by atoms with Crippen molar-refractivity contribution < 1.29 is 46.5 Å². The summed E-state index contributed by atoms with van der Waals surface area (Å²) in [6, 6.07) is 8.14. The van der Waals surface area contributed by atoms with Crippen molar-refractivity contribution in [2.24, 2.45) is 5.92 Å². The average Bonchev–Trinajstić information content (AvgIpc) is 3.82. The number of phosphoric acid groups is 1. The highest BCUT2D eigenvalue weighted by molar-refractivity contribution is 7.48. The number of rotatable bonds is 18. The standard InChI is InChI=1S/C39H59N4O10PS/c1-13-47-33(48-14-2)22-49-32-20-31(50-42-32)34(24(3)4)37(45)43-21-29(51-54(46,52-38(7,8)9)53-39(10,11)12)19-30(43)36(44)41-25(5)27-15-17-28(18-16-27)35-26(6)40-23-55-35/h15-18,20,23-25,29-30,33-34H,13-14,19,21-22H2,1-12H3,(H,41,44)/t25?,29-,30+,34-/m1/s1. The monoisotopic (exact) mass is 806 g/mol. The number of nitrogens with one attached hydrogen (secondary N) is 1. The molecule has 3 heterocycles. The van der Waals surface area contributed by atoms with E-state index >= 15 is 0 Å². The lowest BCUT2D eigenvalue weighted by molar-refractivity contribution is -0.153. The molecule has 0 spiro atoms. The minimum atomic E-state index is -4.19. The van der Waals surface area contributed by atoms with Gasteiger partial charge in [0.25, 0.3) is 5.88 Å². The van der Waals surface area contributed by atoms with E-state index in [0.29, 0.717) is 13.2 Å². The van der Waals surface area contributed by atoms with Crippen LogP contribution in [0.3, 0.4) is 0 Å². The Hall–Kier alpha value is -3.17. The molecule has 1 aromatic carbocycles. The molecule has 14 nitrogen and oxygen atoms in total. The average molecular weight is 807 g/mol. The summed E-state index contributed by atoms with van der Waals surface area (Å²) >= 11 is 1.57. The fraction of sp³-hybridized carbons (Fsp3) is 0.641. The number of carbonyl (C=O) groups excluding carboxylic acids is 2. The molecule has 306 valence electrons. The zero-order chi connectivity index (χ0) is 40.7. The highest BCUT2D eigenvalue weighted by Crippen LogP contribution is 2.57. The van der Waals surface area contributed by atoms with Gasteiger partial charge in [-0.05, 0) is 91.4 Å². The van der Waals surface area contributed by atoms with Gasteiger partial charge in [-0.1, -0.05) is 38.1 Å². The Bertz CT molecular complexity index is 1720. The van der Waals surface area contributed by atoms with Crippen LogP contribution in [-0.2, 0) is 37.2 Å². The highest BCUT2D eigenvalue weighted by atomic mass is 32.1. The van der Waals surface area contributed by atoms with Crippen LogP contribution in [0.1, 0.15) is 112 Å². The molecule has 0 saturated carbocycles. The number of amides is 2. The van der Waals surface area contributed by atoms with Gasteiger partial charge in [-0.15, -0.1) is 11.3 Å². The van der Waals surface area contributed by atoms with Gasteiger partial charge in [0.2, 0.25) is 11.8 Å². The van der Waals surface area contributed by atoms with E-state index in [2.05, 4.69) is 15.5 Å². The molecular formula is C39H59N4O10PS. The quantitative estimate of drug-likeness (QED) is 0.0970. The second-order valence-corrected chi connectivity index (χ2v) is 18.2. The third-order valence-corrected chi connectivity index (χ3v) is 11.6. The fourth-order valence-corrected chi connectivity index (χ4v) is 9.04. The van der Waals surface area contributed by atoms with Gasteiger partial charge in [0.05, 0.1) is 39.4 Å². The zero-order valence-corrected chi connectivity index (χ0v) is 36.0. The summed E-state index contributed by atoms with van der Waals surface area (Å²) < 4.78 is 54.7. The number of hydrogen-bond donors (Lipinski definition) is 1. The van der Waals surface area contributed by atoms with Crippen LogP contribution in [0.2, 0.25) is 0 Å². The molecule has 2 aromatic heterocycles. The summed E-state index contributed by atoms with van der Waals surface area (Å²) in [5.41, 5.74) is 2.94. The van der Waals surface area contributed by atoms with E-state index in [1.54, 1.807) is 58.9 Å². The van der Waals surface area contributed by atoms with Crippen molar-refractivity contribution in [1.82, 2.24) is 20.4 Å². The SMILES string of the molecule is CCOC(COc1cc([C@H](C(=O)N2C[C@H](OP(=O)(OC(C)(C)C)OC(C)(C)C)C[C@H]2C(=O)NC(C)c2ccc(-c3scnc3C)cc2)C(C)C)on1)OCC. The minimum absolute atomic E-state index is 0.0463. The Kier molecular flexibility index (Phi) is 15.3. The predicted octanol–water partition coefficient (Wildman–Crippen LogP) is 8.23. The van der Waals surface area contributed by atoms with Gasteiger partial charge >= 0.3 is 7.82 Å². The Morgan fingerprint density at radius 3 is 2.16 bits per heavy atom. The normalized spacial score (nSPS) is 17.9. The molecule has 3 aromatic rings. The molecule has 1 aliphatic rings. The van der Waals surface area contributed by atoms with Crippen molar-refractivity contribution in [1.29, 1.82) is 0 Å². The van der Waals surface area contributed by atoms with Crippen LogP contribution in [0.4, 0.5) is 0 Å². The number of benzene rings is 1. The summed E-state index contributed by atoms with van der Waals surface area (Å²) in [5.74, 6) is -1.44. The van der Waals surface area contributed by atoms with E-state index in [1.807, 2.05) is 71.3 Å². The maximum atomic E-state index is 14.6. The number of thiazole rings is 1. The summed E-state index contributed by atoms with van der Waals surface area (Å²) in [7, 11) is -4.19. The molecule has 1 fully saturated rings. The molecule has 1 aliphatic heterocycles. The molecule has 0 radical (unpaired) electrons. The molecule has 0 aliphatic carbocycles. The topological polar surface area (TPSA) is 161 Å². The van der Waals surface area contributed by atoms with Gasteiger partial charge < -0.3 is 29.0 Å². The van der Waals surface area contributed by atoms with E-state index in [1.165, 1.54) is 4.90 Å². The molecule has 2 amide bonds. The largest absolute Gasteiger partial charge is 0.476 e. The van der Waals surface area contributed by atoms with Crippen LogP contribution >= 0.6 is 19.2 Å². The Morgan fingerprint density at radius 2 is 1.64 bits per heavy atom. The third kappa shape index (κ3) is 12.7. The molecule has 4 atom stereocenters. The fourth-order valence-electron chi connectivity index (χ4n) is 6.25. The van der Waals surface area contributed by atoms with Gasteiger partial charge in [0.1, 0.15) is 18.6 Å². The summed E-state index contributed by atoms with van der Waals surface area (Å²) in [6.45, 7) is 22.7. The maximum absolute atomic E-state index is 14.6. The van der Waals surface area contributed by atoms with Crippen LogP contribution in [0.15, 0.2) is 40.4 Å². The van der Waals surface area contributed by atoms with Crippen LogP contribution in [-0.4, -0.2) is 82.9 Å². The lowest BCUT2D eigenvalue weighted by Crippen LogP contribution is -2.48. The molecular weight excluding hydrogens is 747 g/mol. The number of aryl methyl sites for hydroxylation is 1. The van der Waals surface area contributed by atoms with Gasteiger partial charge in [-0.3, -0.25) is 23.2 Å². The van der Waals surface area contributed by atoms with Crippen molar-refractivity contribution in [3.8, 4) is 16.3 Å². The number of nitrogens with zero attached hydrogens (tertiary/aromatic N) is 3. The van der Waals surface area contributed by atoms with Crippen molar-refractivity contribution >= 4 is 31.0 Å². The summed E-state index contributed by atoms with van der Waals surface area (Å²) in [5, 5.41) is 7.15. The lowest BCUT2D eigenvalue weighted by atomic mass is 9.91. The number of phosphoric ester groups is 1. The first kappa shape index (κ1) is 44.5.